The molecule has 3 rings (SSSR count). The number of likely N-dealkylation sites (N-methyl/N-ethyl adjacent to an activating group) is 1. The van der Waals surface area contributed by atoms with E-state index >= 15 is 0 Å². The van der Waals surface area contributed by atoms with Crippen molar-refractivity contribution in [2.45, 2.75) is 26.8 Å². The summed E-state index contributed by atoms with van der Waals surface area (Å²) in [5.41, 5.74) is 0.693. The van der Waals surface area contributed by atoms with Gasteiger partial charge in [-0.3, -0.25) is 4.90 Å². The number of carboxylic acid groups (broad SMARTS) is 1. The van der Waals surface area contributed by atoms with E-state index in [1.54, 1.807) is 13.2 Å². The Morgan fingerprint density at radius 3 is 2.77 bits per heavy atom. The van der Waals surface area contributed by atoms with E-state index in [2.05, 4.69) is 34.0 Å². The van der Waals surface area contributed by atoms with Gasteiger partial charge >= 0.3 is 5.97 Å². The average molecular weight is 374 g/mol. The number of hydrogen-bond donors (Lipinski definition) is 2. The van der Waals surface area contributed by atoms with Crippen LogP contribution in [0.3, 0.4) is 0 Å². The van der Waals surface area contributed by atoms with Crippen molar-refractivity contribution in [2.75, 3.05) is 25.0 Å². The van der Waals surface area contributed by atoms with E-state index in [9.17, 15) is 9.90 Å². The number of furan rings is 1. The van der Waals surface area contributed by atoms with Crippen LogP contribution in [0.2, 0.25) is 0 Å². The zero-order valence-corrected chi connectivity index (χ0v) is 15.8. The normalized spacial score (nSPS) is 12.6. The van der Waals surface area contributed by atoms with E-state index in [0.29, 0.717) is 27.6 Å². The molecule has 0 aromatic carbocycles. The Morgan fingerprint density at radius 2 is 2.15 bits per heavy atom. The molecule has 0 spiro atoms. The van der Waals surface area contributed by atoms with Crippen molar-refractivity contribution in [2.24, 2.45) is 0 Å². The summed E-state index contributed by atoms with van der Waals surface area (Å²) in [5.74, 6) is 0.604. The molecule has 26 heavy (non-hydrogen) atoms. The highest BCUT2D eigenvalue weighted by Gasteiger charge is 2.23. The van der Waals surface area contributed by atoms with Crippen LogP contribution >= 0.6 is 11.3 Å². The van der Waals surface area contributed by atoms with Crippen molar-refractivity contribution in [1.82, 2.24) is 14.9 Å². The number of aryl methyl sites for hydroxylation is 1. The van der Waals surface area contributed by atoms with Crippen LogP contribution in [0.15, 0.2) is 29.1 Å². The van der Waals surface area contributed by atoms with Crippen molar-refractivity contribution < 1.29 is 14.3 Å². The van der Waals surface area contributed by atoms with Crippen LogP contribution in [0.4, 0.5) is 5.82 Å². The van der Waals surface area contributed by atoms with Crippen LogP contribution in [0.5, 0.6) is 0 Å². The van der Waals surface area contributed by atoms with Gasteiger partial charge in [-0.15, -0.1) is 11.3 Å². The number of nitrogens with one attached hydrogen (secondary N) is 1. The molecule has 1 atom stereocenters. The van der Waals surface area contributed by atoms with E-state index in [4.69, 9.17) is 4.42 Å². The standard InChI is InChI=1S/C18H22N4O3S/c1-4-22(5-2)12(13-7-6-8-25-13)9-19-16-14-11(3)15(18(23)24)26-17(14)21-10-20-16/h6-8,10,12H,4-5,9H2,1-3H3,(H,23,24)(H,19,20,21)/t12-/m0/s1. The molecule has 0 radical (unpaired) electrons. The molecule has 0 bridgehead atoms. The maximum absolute atomic E-state index is 11.4. The molecule has 0 saturated heterocycles. The molecule has 3 aromatic heterocycles. The number of anilines is 1. The lowest BCUT2D eigenvalue weighted by Gasteiger charge is -2.28. The van der Waals surface area contributed by atoms with Crippen molar-refractivity contribution in [3.8, 4) is 0 Å². The molecule has 0 aliphatic rings. The summed E-state index contributed by atoms with van der Waals surface area (Å²) in [6.45, 7) is 8.41. The van der Waals surface area contributed by atoms with Gasteiger partial charge in [0, 0.05) is 6.54 Å². The van der Waals surface area contributed by atoms with Crippen LogP contribution in [-0.4, -0.2) is 45.6 Å². The molecular formula is C18H22N4O3S. The molecule has 0 aliphatic carbocycles. The van der Waals surface area contributed by atoms with Gasteiger partial charge in [0.2, 0.25) is 0 Å². The van der Waals surface area contributed by atoms with Gasteiger partial charge in [0.15, 0.2) is 0 Å². The smallest absolute Gasteiger partial charge is 0.346 e. The lowest BCUT2D eigenvalue weighted by molar-refractivity contribution is 0.0701. The van der Waals surface area contributed by atoms with Crippen molar-refractivity contribution >= 4 is 33.3 Å². The molecule has 0 aliphatic heterocycles. The van der Waals surface area contributed by atoms with E-state index in [1.807, 2.05) is 12.1 Å². The fourth-order valence-corrected chi connectivity index (χ4v) is 4.15. The molecule has 0 fully saturated rings. The van der Waals surface area contributed by atoms with E-state index in [0.717, 1.165) is 24.2 Å². The fourth-order valence-electron chi connectivity index (χ4n) is 3.16. The summed E-state index contributed by atoms with van der Waals surface area (Å²) in [6.07, 6.45) is 3.14. The summed E-state index contributed by atoms with van der Waals surface area (Å²) < 4.78 is 5.63. The Morgan fingerprint density at radius 1 is 1.38 bits per heavy atom. The minimum absolute atomic E-state index is 0.0582. The molecule has 0 unspecified atom stereocenters. The Hall–Kier alpha value is -2.45. The molecular weight excluding hydrogens is 352 g/mol. The second kappa shape index (κ2) is 7.84. The third-order valence-electron chi connectivity index (χ3n) is 4.51. The molecule has 3 heterocycles. The maximum atomic E-state index is 11.4. The Labute approximate surface area is 155 Å². The van der Waals surface area contributed by atoms with Gasteiger partial charge < -0.3 is 14.8 Å². The van der Waals surface area contributed by atoms with Crippen LogP contribution < -0.4 is 5.32 Å². The van der Waals surface area contributed by atoms with Gasteiger partial charge in [0.1, 0.15) is 27.6 Å². The van der Waals surface area contributed by atoms with Crippen LogP contribution in [-0.2, 0) is 0 Å². The highest BCUT2D eigenvalue weighted by atomic mass is 32.1. The Bertz CT molecular complexity index is 887. The van der Waals surface area contributed by atoms with Crippen molar-refractivity contribution in [3.63, 3.8) is 0 Å². The summed E-state index contributed by atoms with van der Waals surface area (Å²) in [4.78, 5) is 23.3. The number of aromatic nitrogens is 2. The average Bonchev–Trinajstić information content (AvgIpc) is 3.27. The fraction of sp³-hybridized carbons (Fsp3) is 0.389. The lowest BCUT2D eigenvalue weighted by atomic mass is 10.1. The monoisotopic (exact) mass is 374 g/mol. The van der Waals surface area contributed by atoms with Gasteiger partial charge in [-0.05, 0) is 37.7 Å². The molecule has 0 amide bonds. The number of carboxylic acids is 1. The molecule has 138 valence electrons. The summed E-state index contributed by atoms with van der Waals surface area (Å²) in [7, 11) is 0. The number of thiophene rings is 1. The molecule has 3 aromatic rings. The highest BCUT2D eigenvalue weighted by Crippen LogP contribution is 2.33. The largest absolute Gasteiger partial charge is 0.477 e. The maximum Gasteiger partial charge on any atom is 0.346 e. The van der Waals surface area contributed by atoms with E-state index in [1.165, 1.54) is 17.7 Å². The number of fused-ring (bicyclic) bond motifs is 1. The summed E-state index contributed by atoms with van der Waals surface area (Å²) >= 11 is 1.17. The summed E-state index contributed by atoms with van der Waals surface area (Å²) in [6, 6.07) is 3.91. The number of hydrogen-bond acceptors (Lipinski definition) is 7. The number of nitrogens with zero attached hydrogens (tertiary/aromatic N) is 3. The van der Waals surface area contributed by atoms with Gasteiger partial charge in [0.05, 0.1) is 17.7 Å². The third-order valence-corrected chi connectivity index (χ3v) is 5.70. The van der Waals surface area contributed by atoms with Crippen LogP contribution in [0.1, 0.15) is 40.9 Å². The van der Waals surface area contributed by atoms with Crippen LogP contribution in [0.25, 0.3) is 10.2 Å². The molecule has 7 nitrogen and oxygen atoms in total. The second-order valence-electron chi connectivity index (χ2n) is 5.90. The van der Waals surface area contributed by atoms with Gasteiger partial charge in [-0.2, -0.15) is 0 Å². The first kappa shape index (κ1) is 18.3. The first-order valence-electron chi connectivity index (χ1n) is 8.55. The first-order valence-corrected chi connectivity index (χ1v) is 9.37. The predicted molar refractivity (Wildman–Crippen MR) is 102 cm³/mol. The van der Waals surface area contributed by atoms with Crippen molar-refractivity contribution in [3.05, 3.63) is 40.9 Å². The minimum atomic E-state index is -0.937. The zero-order valence-electron chi connectivity index (χ0n) is 15.0. The number of rotatable bonds is 8. The number of aromatic carboxylic acids is 1. The summed E-state index contributed by atoms with van der Waals surface area (Å²) in [5, 5.41) is 13.5. The first-order chi connectivity index (χ1) is 12.6. The third kappa shape index (κ3) is 3.42. The molecule has 2 N–H and O–H groups in total. The molecule has 0 saturated carbocycles. The van der Waals surface area contributed by atoms with Gasteiger partial charge in [-0.25, -0.2) is 14.8 Å². The van der Waals surface area contributed by atoms with E-state index in [-0.39, 0.29) is 6.04 Å². The SMILES string of the molecule is CCN(CC)[C@@H](CNc1ncnc2sc(C(=O)O)c(C)c12)c1ccco1. The lowest BCUT2D eigenvalue weighted by Crippen LogP contribution is -2.33. The van der Waals surface area contributed by atoms with Gasteiger partial charge in [-0.1, -0.05) is 13.8 Å². The zero-order chi connectivity index (χ0) is 18.7. The molecule has 8 heteroatoms. The van der Waals surface area contributed by atoms with Gasteiger partial charge in [0.25, 0.3) is 0 Å². The van der Waals surface area contributed by atoms with Crippen LogP contribution in [0, 0.1) is 6.92 Å². The Kier molecular flexibility index (Phi) is 5.53. The number of carbonyl (C=O) groups is 1. The van der Waals surface area contributed by atoms with E-state index < -0.39 is 5.97 Å². The quantitative estimate of drug-likeness (QED) is 0.620. The predicted octanol–water partition coefficient (Wildman–Crippen LogP) is 3.79. The van der Waals surface area contributed by atoms with Crippen molar-refractivity contribution in [1.29, 1.82) is 0 Å². The Balaban J connectivity index is 1.91. The topological polar surface area (TPSA) is 91.5 Å². The highest BCUT2D eigenvalue weighted by molar-refractivity contribution is 7.20. The minimum Gasteiger partial charge on any atom is -0.477 e. The second-order valence-corrected chi connectivity index (χ2v) is 6.90.